The Balaban J connectivity index is 2.56. The molecule has 0 bridgehead atoms. The molecule has 3 rings (SSSR count). The minimum atomic E-state index is -0.613. The molecule has 6 nitrogen and oxygen atoms in total. The Bertz CT molecular complexity index is 852. The highest BCUT2D eigenvalue weighted by atomic mass is 35.5. The van der Waals surface area contributed by atoms with Crippen LogP contribution in [0.3, 0.4) is 0 Å². The Kier molecular flexibility index (Phi) is 1.99. The molecule has 2 heterocycles. The first-order valence-electron chi connectivity index (χ1n) is 4.73. The Morgan fingerprint density at radius 1 is 1.06 bits per heavy atom. The molecule has 0 unspecified atom stereocenters. The lowest BCUT2D eigenvalue weighted by molar-refractivity contribution is 1.05. The molecular weight excluding hydrogens is 244 g/mol. The van der Waals surface area contributed by atoms with Crippen molar-refractivity contribution in [2.75, 3.05) is 0 Å². The van der Waals surface area contributed by atoms with Crippen molar-refractivity contribution in [1.29, 1.82) is 0 Å². The topological polar surface area (TPSA) is 91.5 Å². The summed E-state index contributed by atoms with van der Waals surface area (Å²) in [6.07, 6.45) is 0. The van der Waals surface area contributed by atoms with E-state index in [4.69, 9.17) is 11.6 Å². The predicted octanol–water partition coefficient (Wildman–Crippen LogP) is 0.813. The molecule has 84 valence electrons. The molecule has 0 fully saturated rings. The number of hydrogen-bond donors (Lipinski definition) is 2. The highest BCUT2D eigenvalue weighted by molar-refractivity contribution is 6.31. The minimum Gasteiger partial charge on any atom is -0.290 e. The van der Waals surface area contributed by atoms with E-state index in [9.17, 15) is 9.59 Å². The zero-order chi connectivity index (χ0) is 12.0. The molecule has 17 heavy (non-hydrogen) atoms. The molecule has 0 spiro atoms. The van der Waals surface area contributed by atoms with Crippen molar-refractivity contribution >= 4 is 33.8 Å². The van der Waals surface area contributed by atoms with Gasteiger partial charge >= 0.3 is 5.69 Å². The summed E-state index contributed by atoms with van der Waals surface area (Å²) < 4.78 is 0. The lowest BCUT2D eigenvalue weighted by atomic mass is 10.3. The van der Waals surface area contributed by atoms with Gasteiger partial charge in [-0.25, -0.2) is 14.8 Å². The molecule has 0 atom stereocenters. The van der Waals surface area contributed by atoms with Crippen molar-refractivity contribution in [3.63, 3.8) is 0 Å². The minimum absolute atomic E-state index is 0.0967. The number of aromatic amines is 2. The molecule has 0 aliphatic rings. The summed E-state index contributed by atoms with van der Waals surface area (Å²) in [6.45, 7) is 0. The van der Waals surface area contributed by atoms with Gasteiger partial charge in [-0.2, -0.15) is 0 Å². The van der Waals surface area contributed by atoms with Gasteiger partial charge in [0.25, 0.3) is 5.56 Å². The van der Waals surface area contributed by atoms with E-state index in [0.717, 1.165) is 0 Å². The molecule has 0 amide bonds. The number of fused-ring (bicyclic) bond motifs is 2. The normalized spacial score (nSPS) is 11.1. The monoisotopic (exact) mass is 248 g/mol. The summed E-state index contributed by atoms with van der Waals surface area (Å²) in [5.41, 5.74) is 0.130. The second-order valence-corrected chi connectivity index (χ2v) is 3.90. The first kappa shape index (κ1) is 9.98. The molecule has 3 aromatic rings. The second kappa shape index (κ2) is 3.39. The van der Waals surface area contributed by atoms with Crippen molar-refractivity contribution < 1.29 is 0 Å². The number of nitrogens with one attached hydrogen (secondary N) is 2. The van der Waals surface area contributed by atoms with Crippen LogP contribution in [-0.2, 0) is 0 Å². The SMILES string of the molecule is O=c1[nH]c(=O)c2nc3ccc(Cl)cc3nc2[nH]1. The molecule has 0 aliphatic heterocycles. The largest absolute Gasteiger partial charge is 0.327 e. The molecule has 1 aromatic carbocycles. The van der Waals surface area contributed by atoms with E-state index in [0.29, 0.717) is 16.1 Å². The van der Waals surface area contributed by atoms with E-state index in [1.165, 1.54) is 0 Å². The molecule has 0 saturated heterocycles. The van der Waals surface area contributed by atoms with Gasteiger partial charge in [0.1, 0.15) is 0 Å². The van der Waals surface area contributed by atoms with Gasteiger partial charge in [-0.15, -0.1) is 0 Å². The van der Waals surface area contributed by atoms with Crippen LogP contribution in [0.15, 0.2) is 27.8 Å². The summed E-state index contributed by atoms with van der Waals surface area (Å²) in [4.78, 5) is 35.4. The smallest absolute Gasteiger partial charge is 0.290 e. The number of rotatable bonds is 0. The molecule has 2 N–H and O–H groups in total. The highest BCUT2D eigenvalue weighted by Crippen LogP contribution is 2.16. The lowest BCUT2D eigenvalue weighted by Crippen LogP contribution is -2.23. The van der Waals surface area contributed by atoms with Gasteiger partial charge in [-0.05, 0) is 18.2 Å². The number of H-pyrrole nitrogens is 2. The summed E-state index contributed by atoms with van der Waals surface area (Å²) >= 11 is 5.82. The van der Waals surface area contributed by atoms with Gasteiger partial charge in [-0.3, -0.25) is 14.8 Å². The number of benzene rings is 1. The van der Waals surface area contributed by atoms with Crippen molar-refractivity contribution in [2.45, 2.75) is 0 Å². The van der Waals surface area contributed by atoms with Crippen LogP contribution in [0.1, 0.15) is 0 Å². The lowest BCUT2D eigenvalue weighted by Gasteiger charge is -1.99. The van der Waals surface area contributed by atoms with Crippen LogP contribution in [0.4, 0.5) is 0 Å². The van der Waals surface area contributed by atoms with Crippen molar-refractivity contribution in [2.24, 2.45) is 0 Å². The maximum Gasteiger partial charge on any atom is 0.327 e. The number of halogens is 1. The maximum absolute atomic E-state index is 11.5. The number of nitrogens with zero attached hydrogens (tertiary/aromatic N) is 2. The summed E-state index contributed by atoms with van der Waals surface area (Å²) in [7, 11) is 0. The number of hydrogen-bond acceptors (Lipinski definition) is 4. The van der Waals surface area contributed by atoms with E-state index >= 15 is 0 Å². The van der Waals surface area contributed by atoms with Crippen LogP contribution >= 0.6 is 11.6 Å². The maximum atomic E-state index is 11.5. The Labute approximate surface area is 98.3 Å². The van der Waals surface area contributed by atoms with Gasteiger partial charge in [-0.1, -0.05) is 11.6 Å². The predicted molar refractivity (Wildman–Crippen MR) is 63.3 cm³/mol. The fourth-order valence-corrected chi connectivity index (χ4v) is 1.74. The first-order chi connectivity index (χ1) is 8.13. The van der Waals surface area contributed by atoms with Crippen molar-refractivity contribution in [3.05, 3.63) is 44.1 Å². The number of aromatic nitrogens is 4. The Morgan fingerprint density at radius 3 is 2.71 bits per heavy atom. The highest BCUT2D eigenvalue weighted by Gasteiger charge is 2.06. The second-order valence-electron chi connectivity index (χ2n) is 3.46. The van der Waals surface area contributed by atoms with E-state index in [-0.39, 0.29) is 11.2 Å². The van der Waals surface area contributed by atoms with Crippen molar-refractivity contribution in [3.8, 4) is 0 Å². The third-order valence-corrected chi connectivity index (χ3v) is 2.54. The van der Waals surface area contributed by atoms with Crippen LogP contribution < -0.4 is 11.2 Å². The fraction of sp³-hybridized carbons (Fsp3) is 0. The van der Waals surface area contributed by atoms with E-state index in [2.05, 4.69) is 19.9 Å². The standard InChI is InChI=1S/C10H5ClN4O2/c11-4-1-2-5-6(3-4)13-8-7(12-5)9(16)15-10(17)14-8/h1-3H,(H2,13,14,15,16,17). The Morgan fingerprint density at radius 2 is 1.88 bits per heavy atom. The van der Waals surface area contributed by atoms with Crippen molar-refractivity contribution in [1.82, 2.24) is 19.9 Å². The third kappa shape index (κ3) is 1.58. The van der Waals surface area contributed by atoms with E-state index < -0.39 is 11.2 Å². The fourth-order valence-electron chi connectivity index (χ4n) is 1.57. The van der Waals surface area contributed by atoms with Gasteiger partial charge in [0.15, 0.2) is 11.2 Å². The first-order valence-corrected chi connectivity index (χ1v) is 5.11. The molecule has 0 radical (unpaired) electrons. The molecule has 0 saturated carbocycles. The van der Waals surface area contributed by atoms with Gasteiger partial charge in [0.05, 0.1) is 11.0 Å². The third-order valence-electron chi connectivity index (χ3n) is 2.30. The van der Waals surface area contributed by atoms with E-state index in [1.807, 2.05) is 0 Å². The average molecular weight is 249 g/mol. The van der Waals surface area contributed by atoms with Crippen LogP contribution in [0.5, 0.6) is 0 Å². The summed E-state index contributed by atoms with van der Waals surface area (Å²) in [6, 6.07) is 4.93. The molecule has 2 aromatic heterocycles. The quantitative estimate of drug-likeness (QED) is 0.576. The molecule has 0 aliphatic carbocycles. The summed E-state index contributed by atoms with van der Waals surface area (Å²) in [5.74, 6) is 0. The zero-order valence-electron chi connectivity index (χ0n) is 8.32. The van der Waals surface area contributed by atoms with Gasteiger partial charge in [0.2, 0.25) is 0 Å². The van der Waals surface area contributed by atoms with Crippen LogP contribution in [-0.4, -0.2) is 19.9 Å². The summed E-state index contributed by atoms with van der Waals surface area (Å²) in [5, 5.41) is 0.512. The molecule has 7 heteroatoms. The van der Waals surface area contributed by atoms with Gasteiger partial charge in [0, 0.05) is 5.02 Å². The van der Waals surface area contributed by atoms with Crippen LogP contribution in [0, 0.1) is 0 Å². The zero-order valence-corrected chi connectivity index (χ0v) is 9.08. The van der Waals surface area contributed by atoms with Crippen LogP contribution in [0.2, 0.25) is 5.02 Å². The van der Waals surface area contributed by atoms with Crippen LogP contribution in [0.25, 0.3) is 22.2 Å². The molecular formula is C10H5ClN4O2. The van der Waals surface area contributed by atoms with Gasteiger partial charge < -0.3 is 0 Å². The van der Waals surface area contributed by atoms with E-state index in [1.54, 1.807) is 18.2 Å². The average Bonchev–Trinajstić information content (AvgIpc) is 2.26. The Hall–Kier alpha value is -2.21.